The molecule has 1 unspecified atom stereocenters. The zero-order valence-electron chi connectivity index (χ0n) is 22.8. The average Bonchev–Trinajstić information content (AvgIpc) is 2.91. The number of methoxy groups -OCH3 is 1. The van der Waals surface area contributed by atoms with Crippen LogP contribution in [0.1, 0.15) is 48.3 Å². The van der Waals surface area contributed by atoms with Crippen molar-refractivity contribution in [1.82, 2.24) is 5.32 Å². The van der Waals surface area contributed by atoms with Gasteiger partial charge in [-0.15, -0.1) is 0 Å². The molecular weight excluding hydrogens is 532 g/mol. The van der Waals surface area contributed by atoms with E-state index in [-0.39, 0.29) is 22.2 Å². The van der Waals surface area contributed by atoms with E-state index in [1.807, 2.05) is 6.92 Å². The first-order chi connectivity index (χ1) is 18.9. The van der Waals surface area contributed by atoms with Gasteiger partial charge in [-0.05, 0) is 88.4 Å². The Hall–Kier alpha value is -4.43. The van der Waals surface area contributed by atoms with E-state index in [0.717, 1.165) is 10.5 Å². The fourth-order valence-corrected chi connectivity index (χ4v) is 4.37. The van der Waals surface area contributed by atoms with E-state index in [1.165, 1.54) is 49.8 Å². The van der Waals surface area contributed by atoms with Gasteiger partial charge in [0.1, 0.15) is 23.6 Å². The van der Waals surface area contributed by atoms with E-state index >= 15 is 0 Å². The molecule has 1 heterocycles. The maximum absolute atomic E-state index is 14.0. The molecule has 1 atom stereocenters. The Kier molecular flexibility index (Phi) is 8.11. The van der Waals surface area contributed by atoms with E-state index in [4.69, 9.17) is 20.8 Å². The number of anilines is 1. The molecule has 40 heavy (non-hydrogen) atoms. The lowest BCUT2D eigenvalue weighted by atomic mass is 9.99. The van der Waals surface area contributed by atoms with Crippen molar-refractivity contribution in [2.45, 2.75) is 39.3 Å². The van der Waals surface area contributed by atoms with Gasteiger partial charge in [-0.3, -0.25) is 24.1 Å². The fraction of sp³-hybridized carbons (Fsp3) is 0.226. The molecule has 0 fully saturated rings. The summed E-state index contributed by atoms with van der Waals surface area (Å²) >= 11 is 6.11. The van der Waals surface area contributed by atoms with Gasteiger partial charge in [-0.1, -0.05) is 23.2 Å². The van der Waals surface area contributed by atoms with Crippen LogP contribution in [0.3, 0.4) is 0 Å². The van der Waals surface area contributed by atoms with Crippen molar-refractivity contribution in [3.63, 3.8) is 0 Å². The predicted molar refractivity (Wildman–Crippen MR) is 154 cm³/mol. The van der Waals surface area contributed by atoms with Gasteiger partial charge in [0.2, 0.25) is 5.91 Å². The number of ketones is 1. The van der Waals surface area contributed by atoms with E-state index in [9.17, 15) is 19.2 Å². The van der Waals surface area contributed by atoms with Crippen LogP contribution in [0, 0.1) is 6.92 Å². The SMILES string of the molecule is COc1ccc(C(=O)C(=O)N(c2ccc(Cl)cc2)C(C(=O)NC(C)(C)C)c2coc3ccc(C)cc3c2=O)cc1. The summed E-state index contributed by atoms with van der Waals surface area (Å²) < 4.78 is 10.9. The Morgan fingerprint density at radius 1 is 0.975 bits per heavy atom. The minimum Gasteiger partial charge on any atom is -0.497 e. The number of rotatable bonds is 7. The molecule has 4 aromatic rings. The molecule has 4 rings (SSSR count). The number of carbonyl (C=O) groups excluding carboxylic acids is 3. The number of hydrogen-bond donors (Lipinski definition) is 1. The standard InChI is InChI=1S/C31H29ClN2O6/c1-18-6-15-25-23(16-18)28(36)24(17-40-25)26(29(37)33-31(2,3)4)34(21-11-9-20(32)10-12-21)30(38)27(35)19-7-13-22(39-5)14-8-19/h6-17,26H,1-5H3,(H,33,37). The molecule has 0 saturated heterocycles. The number of ether oxygens (including phenoxy) is 1. The van der Waals surface area contributed by atoms with Crippen LogP contribution in [0.5, 0.6) is 5.75 Å². The lowest BCUT2D eigenvalue weighted by Gasteiger charge is -2.33. The van der Waals surface area contributed by atoms with Gasteiger partial charge in [0.25, 0.3) is 11.7 Å². The maximum atomic E-state index is 14.0. The van der Waals surface area contributed by atoms with Crippen molar-refractivity contribution in [2.24, 2.45) is 0 Å². The fourth-order valence-electron chi connectivity index (χ4n) is 4.24. The molecule has 206 valence electrons. The molecule has 0 bridgehead atoms. The van der Waals surface area contributed by atoms with Gasteiger partial charge in [-0.2, -0.15) is 0 Å². The summed E-state index contributed by atoms with van der Waals surface area (Å²) in [5.74, 6) is -2.07. The van der Waals surface area contributed by atoms with Crippen LogP contribution in [0.25, 0.3) is 11.0 Å². The Bertz CT molecular complexity index is 1640. The summed E-state index contributed by atoms with van der Waals surface area (Å²) in [6.07, 6.45) is 1.17. The first-order valence-corrected chi connectivity index (χ1v) is 12.9. The lowest BCUT2D eigenvalue weighted by Crippen LogP contribution is -2.51. The third-order valence-electron chi connectivity index (χ3n) is 6.12. The normalized spacial score (nSPS) is 12.1. The zero-order valence-corrected chi connectivity index (χ0v) is 23.5. The number of aryl methyl sites for hydroxylation is 1. The Morgan fingerprint density at radius 3 is 2.23 bits per heavy atom. The number of Topliss-reactive ketones (excluding diaryl/α,β-unsaturated/α-hetero) is 1. The second-order valence-electron chi connectivity index (χ2n) is 10.4. The summed E-state index contributed by atoms with van der Waals surface area (Å²) in [7, 11) is 1.49. The number of fused-ring (bicyclic) bond motifs is 1. The van der Waals surface area contributed by atoms with Crippen molar-refractivity contribution >= 4 is 45.9 Å². The lowest BCUT2D eigenvalue weighted by molar-refractivity contribution is -0.126. The monoisotopic (exact) mass is 560 g/mol. The van der Waals surface area contributed by atoms with E-state index in [2.05, 4.69) is 5.32 Å². The smallest absolute Gasteiger partial charge is 0.300 e. The van der Waals surface area contributed by atoms with Crippen LogP contribution in [0.2, 0.25) is 5.02 Å². The minimum atomic E-state index is -1.55. The van der Waals surface area contributed by atoms with Gasteiger partial charge in [0, 0.05) is 21.8 Å². The van der Waals surface area contributed by atoms with Gasteiger partial charge >= 0.3 is 0 Å². The van der Waals surface area contributed by atoms with E-state index < -0.39 is 34.6 Å². The molecular formula is C31H29ClN2O6. The summed E-state index contributed by atoms with van der Waals surface area (Å²) in [4.78, 5) is 56.2. The molecule has 0 saturated carbocycles. The molecule has 2 amide bonds. The first-order valence-electron chi connectivity index (χ1n) is 12.5. The molecule has 0 radical (unpaired) electrons. The van der Waals surface area contributed by atoms with Crippen molar-refractivity contribution in [3.05, 3.63) is 105 Å². The average molecular weight is 561 g/mol. The van der Waals surface area contributed by atoms with Crippen LogP contribution in [-0.2, 0) is 9.59 Å². The molecule has 1 N–H and O–H groups in total. The summed E-state index contributed by atoms with van der Waals surface area (Å²) in [6.45, 7) is 7.13. The second kappa shape index (κ2) is 11.4. The van der Waals surface area contributed by atoms with Crippen molar-refractivity contribution in [2.75, 3.05) is 12.0 Å². The van der Waals surface area contributed by atoms with Gasteiger partial charge in [0.15, 0.2) is 5.43 Å². The highest BCUT2D eigenvalue weighted by Gasteiger charge is 2.39. The number of nitrogens with one attached hydrogen (secondary N) is 1. The van der Waals surface area contributed by atoms with Crippen LogP contribution in [0.15, 0.2) is 82.2 Å². The van der Waals surface area contributed by atoms with E-state index in [1.54, 1.807) is 51.1 Å². The van der Waals surface area contributed by atoms with Crippen molar-refractivity contribution in [1.29, 1.82) is 0 Å². The van der Waals surface area contributed by atoms with Gasteiger partial charge in [-0.25, -0.2) is 0 Å². The number of amides is 2. The largest absolute Gasteiger partial charge is 0.497 e. The minimum absolute atomic E-state index is 0.0842. The second-order valence-corrected chi connectivity index (χ2v) is 10.8. The quantitative estimate of drug-likeness (QED) is 0.232. The highest BCUT2D eigenvalue weighted by molar-refractivity contribution is 6.47. The third-order valence-corrected chi connectivity index (χ3v) is 6.38. The zero-order chi connectivity index (χ0) is 29.2. The molecule has 0 aliphatic carbocycles. The first kappa shape index (κ1) is 28.6. The molecule has 3 aromatic carbocycles. The molecule has 0 aliphatic heterocycles. The maximum Gasteiger partial charge on any atom is 0.300 e. The number of benzene rings is 3. The highest BCUT2D eigenvalue weighted by atomic mass is 35.5. The number of hydrogen-bond acceptors (Lipinski definition) is 6. The molecule has 0 spiro atoms. The van der Waals surface area contributed by atoms with Gasteiger partial charge in [0.05, 0.1) is 18.1 Å². The summed E-state index contributed by atoms with van der Waals surface area (Å²) in [5.41, 5.74) is 0.0850. The van der Waals surface area contributed by atoms with Crippen LogP contribution < -0.4 is 20.4 Å². The van der Waals surface area contributed by atoms with Crippen molar-refractivity contribution in [3.8, 4) is 5.75 Å². The Balaban J connectivity index is 1.95. The topological polar surface area (TPSA) is 106 Å². The Labute approximate surface area is 236 Å². The van der Waals surface area contributed by atoms with Crippen LogP contribution >= 0.6 is 11.6 Å². The van der Waals surface area contributed by atoms with E-state index in [0.29, 0.717) is 16.4 Å². The Morgan fingerprint density at radius 2 is 1.62 bits per heavy atom. The summed E-state index contributed by atoms with van der Waals surface area (Å²) in [6, 6.07) is 15.6. The number of nitrogens with zero attached hydrogens (tertiary/aromatic N) is 1. The van der Waals surface area contributed by atoms with Crippen LogP contribution in [-0.4, -0.2) is 30.2 Å². The third kappa shape index (κ3) is 6.07. The predicted octanol–water partition coefficient (Wildman–Crippen LogP) is 5.64. The van der Waals surface area contributed by atoms with Crippen LogP contribution in [0.4, 0.5) is 5.69 Å². The molecule has 8 nitrogen and oxygen atoms in total. The van der Waals surface area contributed by atoms with Gasteiger partial charge < -0.3 is 14.5 Å². The molecule has 1 aromatic heterocycles. The molecule has 0 aliphatic rings. The highest BCUT2D eigenvalue weighted by Crippen LogP contribution is 2.30. The van der Waals surface area contributed by atoms with Crippen molar-refractivity contribution < 1.29 is 23.5 Å². The number of halogens is 1. The number of carbonyl (C=O) groups is 3. The summed E-state index contributed by atoms with van der Waals surface area (Å²) in [5, 5.41) is 3.48. The molecule has 9 heteroatoms.